The lowest BCUT2D eigenvalue weighted by Crippen LogP contribution is -2.22. The van der Waals surface area contributed by atoms with Crippen LogP contribution >= 0.6 is 34.7 Å². The van der Waals surface area contributed by atoms with Crippen LogP contribution in [0.1, 0.15) is 6.92 Å². The maximum atomic E-state index is 12.3. The zero-order chi connectivity index (χ0) is 17.1. The average Bonchev–Trinajstić information content (AvgIpc) is 3.17. The van der Waals surface area contributed by atoms with Gasteiger partial charge in [-0.25, -0.2) is 4.98 Å². The van der Waals surface area contributed by atoms with E-state index < -0.39 is 0 Å². The number of nitrogens with one attached hydrogen (secondary N) is 1. The highest BCUT2D eigenvalue weighted by Gasteiger charge is 2.18. The summed E-state index contributed by atoms with van der Waals surface area (Å²) in [5, 5.41) is 14.0. The molecule has 24 heavy (non-hydrogen) atoms. The minimum absolute atomic E-state index is 0.136. The molecule has 1 N–H and O–H groups in total. The van der Waals surface area contributed by atoms with Crippen LogP contribution in [0.25, 0.3) is 11.3 Å². The summed E-state index contributed by atoms with van der Waals surface area (Å²) in [5.41, 5.74) is 1.59. The summed E-state index contributed by atoms with van der Waals surface area (Å²) in [6, 6.07) is 7.48. The van der Waals surface area contributed by atoms with Gasteiger partial charge in [0, 0.05) is 23.0 Å². The number of aryl methyl sites for hydroxylation is 1. The van der Waals surface area contributed by atoms with Gasteiger partial charge in [0.15, 0.2) is 10.3 Å². The number of anilines is 1. The molecule has 0 bridgehead atoms. The number of hydrogen-bond acceptors (Lipinski definition) is 6. The molecule has 0 radical (unpaired) electrons. The minimum atomic E-state index is -0.319. The van der Waals surface area contributed by atoms with E-state index in [1.165, 1.54) is 23.1 Å². The van der Waals surface area contributed by atoms with Gasteiger partial charge in [-0.3, -0.25) is 4.79 Å². The number of carbonyl (C=O) groups excluding carboxylic acids is 1. The maximum Gasteiger partial charge on any atom is 0.239 e. The van der Waals surface area contributed by atoms with Crippen molar-refractivity contribution in [2.24, 2.45) is 7.05 Å². The van der Waals surface area contributed by atoms with Gasteiger partial charge in [-0.2, -0.15) is 0 Å². The third-order valence-corrected chi connectivity index (χ3v) is 5.44. The average molecular weight is 380 g/mol. The number of thioether (sulfide) groups is 1. The van der Waals surface area contributed by atoms with E-state index in [1.54, 1.807) is 10.9 Å². The van der Waals surface area contributed by atoms with E-state index in [-0.39, 0.29) is 11.2 Å². The van der Waals surface area contributed by atoms with Crippen molar-refractivity contribution in [3.05, 3.63) is 41.0 Å². The van der Waals surface area contributed by atoms with Crippen LogP contribution in [0.15, 0.2) is 41.1 Å². The van der Waals surface area contributed by atoms with Crippen molar-refractivity contribution in [3.8, 4) is 11.3 Å². The molecule has 0 aliphatic carbocycles. The Labute approximate surface area is 152 Å². The van der Waals surface area contributed by atoms with Gasteiger partial charge >= 0.3 is 0 Å². The number of hydrogen-bond donors (Lipinski definition) is 1. The molecule has 9 heteroatoms. The summed E-state index contributed by atoms with van der Waals surface area (Å²) >= 11 is 8.89. The van der Waals surface area contributed by atoms with Crippen LogP contribution in [0.3, 0.4) is 0 Å². The summed E-state index contributed by atoms with van der Waals surface area (Å²) in [4.78, 5) is 16.8. The molecule has 1 unspecified atom stereocenters. The predicted octanol–water partition coefficient (Wildman–Crippen LogP) is 3.71. The first kappa shape index (κ1) is 16.9. The molecule has 0 saturated carbocycles. The van der Waals surface area contributed by atoms with E-state index >= 15 is 0 Å². The van der Waals surface area contributed by atoms with Gasteiger partial charge in [0.2, 0.25) is 5.91 Å². The Morgan fingerprint density at radius 3 is 2.92 bits per heavy atom. The van der Waals surface area contributed by atoms with Crippen LogP contribution < -0.4 is 5.32 Å². The van der Waals surface area contributed by atoms with Crippen LogP contribution in [0.2, 0.25) is 5.02 Å². The van der Waals surface area contributed by atoms with Crippen LogP contribution in [0.4, 0.5) is 5.13 Å². The lowest BCUT2D eigenvalue weighted by atomic mass is 10.2. The zero-order valence-electron chi connectivity index (χ0n) is 12.9. The zero-order valence-corrected chi connectivity index (χ0v) is 15.3. The number of benzene rings is 1. The SMILES string of the molecule is CC(Sc1nncn1C)C(=O)Nc1nc(-c2ccccc2Cl)cs1. The second-order valence-electron chi connectivity index (χ2n) is 4.99. The highest BCUT2D eigenvalue weighted by Crippen LogP contribution is 2.30. The minimum Gasteiger partial charge on any atom is -0.312 e. The Balaban J connectivity index is 1.67. The highest BCUT2D eigenvalue weighted by atomic mass is 35.5. The molecule has 2 aromatic heterocycles. The van der Waals surface area contributed by atoms with Gasteiger partial charge < -0.3 is 9.88 Å². The fourth-order valence-electron chi connectivity index (χ4n) is 1.92. The van der Waals surface area contributed by atoms with Gasteiger partial charge in [-0.15, -0.1) is 21.5 Å². The van der Waals surface area contributed by atoms with Crippen molar-refractivity contribution < 1.29 is 4.79 Å². The molecule has 0 aliphatic rings. The summed E-state index contributed by atoms with van der Waals surface area (Å²) in [5.74, 6) is -0.136. The number of amides is 1. The molecule has 0 fully saturated rings. The Kier molecular flexibility index (Phi) is 5.17. The molecule has 3 aromatic rings. The molecule has 124 valence electrons. The lowest BCUT2D eigenvalue weighted by Gasteiger charge is -2.09. The first-order chi connectivity index (χ1) is 11.5. The number of carbonyl (C=O) groups is 1. The third-order valence-electron chi connectivity index (χ3n) is 3.21. The van der Waals surface area contributed by atoms with Crippen molar-refractivity contribution in [2.75, 3.05) is 5.32 Å². The summed E-state index contributed by atoms with van der Waals surface area (Å²) in [7, 11) is 1.84. The fourth-order valence-corrected chi connectivity index (χ4v) is 3.66. The molecule has 0 aliphatic heterocycles. The Bertz CT molecular complexity index is 863. The molecular weight excluding hydrogens is 366 g/mol. The van der Waals surface area contributed by atoms with E-state index in [0.717, 1.165) is 11.3 Å². The molecule has 2 heterocycles. The van der Waals surface area contributed by atoms with Crippen LogP contribution in [0.5, 0.6) is 0 Å². The smallest absolute Gasteiger partial charge is 0.239 e. The van der Waals surface area contributed by atoms with E-state index in [0.29, 0.717) is 15.3 Å². The summed E-state index contributed by atoms with van der Waals surface area (Å²) in [6.07, 6.45) is 1.60. The van der Waals surface area contributed by atoms with Crippen molar-refractivity contribution in [1.82, 2.24) is 19.7 Å². The second-order valence-corrected chi connectivity index (χ2v) is 7.56. The van der Waals surface area contributed by atoms with Gasteiger partial charge in [-0.1, -0.05) is 41.6 Å². The molecule has 1 aromatic carbocycles. The lowest BCUT2D eigenvalue weighted by molar-refractivity contribution is -0.115. The van der Waals surface area contributed by atoms with Crippen molar-refractivity contribution in [2.45, 2.75) is 17.3 Å². The quantitative estimate of drug-likeness (QED) is 0.684. The number of thiazole rings is 1. The molecule has 0 spiro atoms. The normalized spacial score (nSPS) is 12.1. The van der Waals surface area contributed by atoms with Gasteiger partial charge in [-0.05, 0) is 13.0 Å². The fraction of sp³-hybridized carbons (Fsp3) is 0.200. The van der Waals surface area contributed by atoms with E-state index in [2.05, 4.69) is 20.5 Å². The third kappa shape index (κ3) is 3.77. The molecular formula is C15H14ClN5OS2. The van der Waals surface area contributed by atoms with E-state index in [1.807, 2.05) is 43.6 Å². The Morgan fingerprint density at radius 2 is 2.21 bits per heavy atom. The summed E-state index contributed by atoms with van der Waals surface area (Å²) < 4.78 is 1.77. The number of rotatable bonds is 5. The number of halogens is 1. The monoisotopic (exact) mass is 379 g/mol. The topological polar surface area (TPSA) is 72.7 Å². The molecule has 1 atom stereocenters. The van der Waals surface area contributed by atoms with E-state index in [4.69, 9.17) is 11.6 Å². The predicted molar refractivity (Wildman–Crippen MR) is 97.5 cm³/mol. The standard InChI is InChI=1S/C15H14ClN5OS2/c1-9(24-15-20-17-8-21(15)2)13(22)19-14-18-12(7-23-14)10-5-3-4-6-11(10)16/h3-9H,1-2H3,(H,18,19,22). The number of aromatic nitrogens is 4. The van der Waals surface area contributed by atoms with Crippen LogP contribution in [-0.2, 0) is 11.8 Å². The second kappa shape index (κ2) is 7.33. The number of nitrogens with zero attached hydrogens (tertiary/aromatic N) is 4. The van der Waals surface area contributed by atoms with Crippen molar-refractivity contribution in [1.29, 1.82) is 0 Å². The summed E-state index contributed by atoms with van der Waals surface area (Å²) in [6.45, 7) is 1.82. The van der Waals surface area contributed by atoms with Gasteiger partial charge in [0.1, 0.15) is 6.33 Å². The van der Waals surface area contributed by atoms with E-state index in [9.17, 15) is 4.79 Å². The van der Waals surface area contributed by atoms with Gasteiger partial charge in [0.25, 0.3) is 0 Å². The maximum absolute atomic E-state index is 12.3. The van der Waals surface area contributed by atoms with Crippen LogP contribution in [-0.4, -0.2) is 30.9 Å². The van der Waals surface area contributed by atoms with Gasteiger partial charge in [0.05, 0.1) is 10.9 Å². The first-order valence-corrected chi connectivity index (χ1v) is 9.20. The van der Waals surface area contributed by atoms with Crippen LogP contribution in [0, 0.1) is 0 Å². The van der Waals surface area contributed by atoms with Crippen molar-refractivity contribution in [3.63, 3.8) is 0 Å². The Morgan fingerprint density at radius 1 is 1.42 bits per heavy atom. The molecule has 6 nitrogen and oxygen atoms in total. The Hall–Kier alpha value is -1.90. The first-order valence-electron chi connectivity index (χ1n) is 7.06. The molecule has 0 saturated heterocycles. The van der Waals surface area contributed by atoms with Crippen molar-refractivity contribution >= 4 is 45.7 Å². The molecule has 1 amide bonds. The largest absolute Gasteiger partial charge is 0.312 e. The molecule has 3 rings (SSSR count). The highest BCUT2D eigenvalue weighted by molar-refractivity contribution is 8.00.